The molecule has 74 heavy (non-hydrogen) atoms. The van der Waals surface area contributed by atoms with E-state index in [0.29, 0.717) is 94.3 Å². The van der Waals surface area contributed by atoms with Gasteiger partial charge in [-0.2, -0.15) is 20.6 Å². The summed E-state index contributed by atoms with van der Waals surface area (Å²) < 4.78 is 23.4. The van der Waals surface area contributed by atoms with Gasteiger partial charge in [-0.05, 0) is 97.5 Å². The largest absolute Gasteiger partial charge is 0.473 e. The second-order valence-corrected chi connectivity index (χ2v) is 18.6. The number of pyridine rings is 2. The number of hydrogen-bond donors (Lipinski definition) is 5. The Morgan fingerprint density at radius 2 is 1.74 bits per heavy atom. The smallest absolute Gasteiger partial charge is 0.244 e. The quantitative estimate of drug-likeness (QED) is 0.111. The monoisotopic (exact) mass is 1010 g/mol. The summed E-state index contributed by atoms with van der Waals surface area (Å²) in [5, 5.41) is 71.0. The maximum atomic E-state index is 10.2. The first-order chi connectivity index (χ1) is 35.8. The van der Waals surface area contributed by atoms with Crippen LogP contribution < -0.4 is 19.5 Å². The number of nitriles is 1. The van der Waals surface area contributed by atoms with Gasteiger partial charge in [-0.3, -0.25) is 29.5 Å². The molecular formula is C52H65N17O5. The third-order valence-electron chi connectivity index (χ3n) is 13.5. The fourth-order valence-electron chi connectivity index (χ4n) is 10.3. The molecule has 0 saturated carbocycles. The van der Waals surface area contributed by atoms with Crippen LogP contribution in [0, 0.1) is 30.6 Å². The Balaban J connectivity index is 0.00000332. The van der Waals surface area contributed by atoms with E-state index in [0.717, 1.165) is 58.3 Å². The molecule has 388 valence electrons. The average molecular weight is 1010 g/mol. The molecule has 10 rings (SSSR count). The Kier molecular flexibility index (Phi) is 15.1. The molecule has 3 atom stereocenters. The topological polar surface area (TPSA) is 260 Å². The third-order valence-corrected chi connectivity index (χ3v) is 13.5. The lowest BCUT2D eigenvalue weighted by atomic mass is 10.1. The highest BCUT2D eigenvalue weighted by molar-refractivity contribution is 6.01. The molecule has 3 unspecified atom stereocenters. The number of hydrogen-bond acceptors (Lipinski definition) is 17. The van der Waals surface area contributed by atoms with Gasteiger partial charge in [0.25, 0.3) is 0 Å². The van der Waals surface area contributed by atoms with Crippen LogP contribution in [0.2, 0.25) is 0 Å². The summed E-state index contributed by atoms with van der Waals surface area (Å²) >= 11 is 0. The van der Waals surface area contributed by atoms with E-state index in [9.17, 15) is 15.5 Å². The number of H-pyrrole nitrogens is 1. The molecule has 1 saturated heterocycles. The SMILES string of the molecule is CC.CC(=N)C1=C(\NCCO)CN(C)CC(C)Oc2c(cnn2-n2nc3c4cc(ncc42)-c2c(C)nn(C)c2OC(C)C2CCCN2Cc2c(c(OCC#N)nn2CCO)/C=C/3)-c2cc3c(n[nH]c3c(C)n2)\C=C\1. The first-order valence-corrected chi connectivity index (χ1v) is 25.2. The van der Waals surface area contributed by atoms with Gasteiger partial charge in [-0.15, -0.1) is 19.8 Å². The number of fused-ring (bicyclic) bond motifs is 8. The second kappa shape index (κ2) is 21.8. The molecule has 7 aromatic heterocycles. The van der Waals surface area contributed by atoms with Gasteiger partial charge in [0, 0.05) is 67.0 Å². The van der Waals surface area contributed by atoms with Crippen molar-refractivity contribution in [1.29, 1.82) is 10.7 Å². The highest BCUT2D eigenvalue weighted by Gasteiger charge is 2.35. The molecule has 10 heterocycles. The second-order valence-electron chi connectivity index (χ2n) is 18.6. The molecule has 7 aromatic rings. The van der Waals surface area contributed by atoms with Crippen molar-refractivity contribution in [3.63, 3.8) is 0 Å². The fraction of sp³-hybridized carbons (Fsp3) is 0.442. The molecule has 0 aliphatic carbocycles. The number of aromatic amines is 1. The van der Waals surface area contributed by atoms with E-state index in [4.69, 9.17) is 50.0 Å². The van der Waals surface area contributed by atoms with E-state index in [-0.39, 0.29) is 44.4 Å². The van der Waals surface area contributed by atoms with Gasteiger partial charge >= 0.3 is 0 Å². The molecule has 22 nitrogen and oxygen atoms in total. The number of aryl methyl sites for hydroxylation is 3. The van der Waals surface area contributed by atoms with Gasteiger partial charge in [0.1, 0.15) is 23.8 Å². The minimum atomic E-state index is -0.419. The van der Waals surface area contributed by atoms with Gasteiger partial charge in [0.15, 0.2) is 6.61 Å². The Morgan fingerprint density at radius 1 is 0.946 bits per heavy atom. The van der Waals surface area contributed by atoms with Gasteiger partial charge in [-0.1, -0.05) is 13.8 Å². The first-order valence-electron chi connectivity index (χ1n) is 25.2. The zero-order chi connectivity index (χ0) is 52.4. The molecule has 3 aliphatic rings. The van der Waals surface area contributed by atoms with E-state index in [1.807, 2.05) is 85.2 Å². The number of aliphatic hydroxyl groups excluding tert-OH is 2. The van der Waals surface area contributed by atoms with Crippen molar-refractivity contribution in [2.45, 2.75) is 92.6 Å². The summed E-state index contributed by atoms with van der Waals surface area (Å²) in [5.41, 5.74) is 9.99. The molecule has 22 heteroatoms. The number of ether oxygens (including phenoxy) is 3. The molecule has 3 aliphatic heterocycles. The highest BCUT2D eigenvalue weighted by Crippen LogP contribution is 2.39. The molecule has 0 spiro atoms. The maximum Gasteiger partial charge on any atom is 0.244 e. The number of likely N-dealkylation sites (N-methyl/N-ethyl adjacent to an activating group) is 1. The van der Waals surface area contributed by atoms with Gasteiger partial charge in [0.05, 0.1) is 94.2 Å². The van der Waals surface area contributed by atoms with Crippen molar-refractivity contribution in [2.75, 3.05) is 53.0 Å². The molecule has 0 radical (unpaired) electrons. The van der Waals surface area contributed by atoms with Crippen molar-refractivity contribution in [2.24, 2.45) is 7.05 Å². The Labute approximate surface area is 429 Å². The minimum absolute atomic E-state index is 0.0541. The lowest BCUT2D eigenvalue weighted by Gasteiger charge is -2.30. The first kappa shape index (κ1) is 51.2. The molecule has 0 aromatic carbocycles. The van der Waals surface area contributed by atoms with Crippen molar-refractivity contribution in [1.82, 2.24) is 74.6 Å². The zero-order valence-corrected chi connectivity index (χ0v) is 43.5. The van der Waals surface area contributed by atoms with E-state index < -0.39 is 6.10 Å². The predicted molar refractivity (Wildman–Crippen MR) is 281 cm³/mol. The number of allylic oxidation sites excluding steroid dienone is 2. The summed E-state index contributed by atoms with van der Waals surface area (Å²) in [5.74, 6) is 1.25. The van der Waals surface area contributed by atoms with Crippen LogP contribution in [-0.2, 0) is 20.1 Å². The summed E-state index contributed by atoms with van der Waals surface area (Å²) in [6.07, 6.45) is 12.3. The van der Waals surface area contributed by atoms with E-state index in [1.165, 1.54) is 0 Å². The lowest BCUT2D eigenvalue weighted by Crippen LogP contribution is -2.41. The van der Waals surface area contributed by atoms with Crippen LogP contribution in [0.4, 0.5) is 0 Å². The van der Waals surface area contributed by atoms with Crippen molar-refractivity contribution in [3.8, 4) is 46.2 Å². The Morgan fingerprint density at radius 3 is 2.51 bits per heavy atom. The van der Waals surface area contributed by atoms with Crippen LogP contribution >= 0.6 is 0 Å². The standard InChI is InChI=1S/C50H59N17O5.C2H6/c1-28-25-62(6)26-42(53-15-18-68)33(29(2)52)10-12-38-36-22-40(56-31(4)47(36)58-57-38)37-23-55-67(49(37)71-28)66-44-24-54-41-21-35(44)39(60-66)13-11-34-45(65(17-19-69)61-48(34)70-20-14-51)27-64-16-8-9-43(64)32(5)72-50-46(41)30(3)59-63(50)7;1-2/h10-13,21-24,28,32,43,52-53,68-69H,8-9,15-20,25-27H2,1-7H3,(H,57,58);1-2H3/b12-10+,13-11+,42-33-,52-29?;. The van der Waals surface area contributed by atoms with E-state index in [1.54, 1.807) is 38.3 Å². The van der Waals surface area contributed by atoms with Gasteiger partial charge < -0.3 is 35.1 Å². The summed E-state index contributed by atoms with van der Waals surface area (Å²) in [6.45, 7) is 16.0. The minimum Gasteiger partial charge on any atom is -0.473 e. The van der Waals surface area contributed by atoms with E-state index >= 15 is 0 Å². The normalized spacial score (nSPS) is 20.1. The Bertz CT molecular complexity index is 3350. The van der Waals surface area contributed by atoms with Crippen molar-refractivity contribution >= 4 is 45.7 Å². The van der Waals surface area contributed by atoms with Crippen molar-refractivity contribution in [3.05, 3.63) is 75.9 Å². The van der Waals surface area contributed by atoms with Crippen LogP contribution in [0.25, 0.3) is 62.5 Å². The van der Waals surface area contributed by atoms with Crippen LogP contribution in [-0.4, -0.2) is 157 Å². The number of aromatic nitrogens is 12. The summed E-state index contributed by atoms with van der Waals surface area (Å²) in [7, 11) is 3.86. The van der Waals surface area contributed by atoms with Gasteiger partial charge in [0.2, 0.25) is 17.6 Å². The molecule has 0 amide bonds. The third kappa shape index (κ3) is 9.78. The van der Waals surface area contributed by atoms with Gasteiger partial charge in [-0.25, -0.2) is 4.68 Å². The van der Waals surface area contributed by atoms with E-state index in [2.05, 4.69) is 38.3 Å². The number of aliphatic hydroxyl groups is 2. The number of rotatable bonds is 9. The summed E-state index contributed by atoms with van der Waals surface area (Å²) in [4.78, 5) is 17.9. The van der Waals surface area contributed by atoms with Crippen LogP contribution in [0.15, 0.2) is 41.9 Å². The molecular weight excluding hydrogens is 943 g/mol. The average Bonchev–Trinajstić information content (AvgIpc) is 4.25. The van der Waals surface area contributed by atoms with Crippen LogP contribution in [0.5, 0.6) is 17.6 Å². The molecule has 4 bridgehead atoms. The predicted octanol–water partition coefficient (Wildman–Crippen LogP) is 5.53. The Hall–Kier alpha value is -7.71. The fourth-order valence-corrected chi connectivity index (χ4v) is 10.3. The molecule has 5 N–H and O–H groups in total. The van der Waals surface area contributed by atoms with Crippen LogP contribution in [0.1, 0.15) is 81.5 Å². The zero-order valence-electron chi connectivity index (χ0n) is 43.5. The van der Waals surface area contributed by atoms with Crippen LogP contribution in [0.3, 0.4) is 0 Å². The summed E-state index contributed by atoms with van der Waals surface area (Å²) in [6, 6.07) is 6.08. The lowest BCUT2D eigenvalue weighted by molar-refractivity contribution is 0.0920. The number of nitrogens with zero attached hydrogens (tertiary/aromatic N) is 14. The molecule has 1 fully saturated rings. The number of nitrogens with one attached hydrogen (secondary N) is 3. The highest BCUT2D eigenvalue weighted by atomic mass is 16.5. The van der Waals surface area contributed by atoms with Crippen molar-refractivity contribution < 1.29 is 24.4 Å². The maximum absolute atomic E-state index is 10.2.